The molecule has 0 spiro atoms. The van der Waals surface area contributed by atoms with Crippen LogP contribution in [0.3, 0.4) is 0 Å². The van der Waals surface area contributed by atoms with Crippen molar-refractivity contribution in [3.05, 3.63) is 53.0 Å². The molecule has 3 atom stereocenters. The van der Waals surface area contributed by atoms with Crippen molar-refractivity contribution in [3.8, 4) is 11.3 Å². The second-order valence-corrected chi connectivity index (χ2v) is 9.37. The van der Waals surface area contributed by atoms with Crippen LogP contribution in [0.25, 0.3) is 11.3 Å². The van der Waals surface area contributed by atoms with Crippen LogP contribution in [0.5, 0.6) is 0 Å². The summed E-state index contributed by atoms with van der Waals surface area (Å²) in [6.07, 6.45) is 2.98. The molecule has 0 radical (unpaired) electrons. The number of aromatic nitrogens is 1. The zero-order valence-corrected chi connectivity index (χ0v) is 19.0. The van der Waals surface area contributed by atoms with Crippen LogP contribution in [0, 0.1) is 11.7 Å². The monoisotopic (exact) mass is 466 g/mol. The van der Waals surface area contributed by atoms with Gasteiger partial charge in [0, 0.05) is 49.0 Å². The molecule has 5 rings (SSSR count). The molecule has 2 aromatic rings. The van der Waals surface area contributed by atoms with Crippen LogP contribution in [0.1, 0.15) is 53.7 Å². The van der Waals surface area contributed by atoms with Gasteiger partial charge in [-0.3, -0.25) is 29.6 Å². The molecule has 2 N–H and O–H groups in total. The number of rotatable bonds is 5. The minimum atomic E-state index is -0.805. The molecule has 1 aromatic carbocycles. The first-order valence-electron chi connectivity index (χ1n) is 11.6. The van der Waals surface area contributed by atoms with Gasteiger partial charge in [-0.25, -0.2) is 4.39 Å². The minimum absolute atomic E-state index is 0.143. The number of piperidine rings is 1. The Labute approximate surface area is 196 Å². The first-order chi connectivity index (χ1) is 16.4. The SMILES string of the molecule is C[C@@H]1c2c(ccc(-c3cc(CN4CC[C@@H](CO)C4)ccn3)c2F)C(=O)N1[C@H]1CCC(=O)NC1=O. The van der Waals surface area contributed by atoms with Gasteiger partial charge in [0.25, 0.3) is 5.91 Å². The van der Waals surface area contributed by atoms with E-state index in [4.69, 9.17) is 0 Å². The maximum atomic E-state index is 15.8. The second-order valence-electron chi connectivity index (χ2n) is 9.37. The number of aliphatic hydroxyl groups is 1. The molecular weight excluding hydrogens is 439 g/mol. The Hall–Kier alpha value is -3.17. The van der Waals surface area contributed by atoms with Crippen molar-refractivity contribution in [2.24, 2.45) is 5.92 Å². The molecule has 0 unspecified atom stereocenters. The summed E-state index contributed by atoms with van der Waals surface area (Å²) in [5, 5.41) is 11.7. The molecule has 1 aromatic heterocycles. The summed E-state index contributed by atoms with van der Waals surface area (Å²) >= 11 is 0. The largest absolute Gasteiger partial charge is 0.396 e. The normalized spacial score (nSPS) is 25.1. The Morgan fingerprint density at radius 3 is 2.71 bits per heavy atom. The number of carbonyl (C=O) groups excluding carboxylic acids is 3. The third-order valence-electron chi connectivity index (χ3n) is 7.16. The first kappa shape index (κ1) is 22.6. The predicted molar refractivity (Wildman–Crippen MR) is 121 cm³/mol. The lowest BCUT2D eigenvalue weighted by Gasteiger charge is -2.32. The molecule has 178 valence electrons. The van der Waals surface area contributed by atoms with Crippen molar-refractivity contribution in [3.63, 3.8) is 0 Å². The van der Waals surface area contributed by atoms with E-state index in [1.807, 2.05) is 12.1 Å². The quantitative estimate of drug-likeness (QED) is 0.654. The van der Waals surface area contributed by atoms with Gasteiger partial charge in [0.15, 0.2) is 0 Å². The minimum Gasteiger partial charge on any atom is -0.396 e. The average Bonchev–Trinajstić information content (AvgIpc) is 3.37. The number of fused-ring (bicyclic) bond motifs is 1. The number of aliphatic hydroxyl groups excluding tert-OH is 1. The molecule has 3 aliphatic rings. The van der Waals surface area contributed by atoms with E-state index < -0.39 is 29.7 Å². The topological polar surface area (TPSA) is 103 Å². The van der Waals surface area contributed by atoms with Gasteiger partial charge in [-0.2, -0.15) is 0 Å². The number of amides is 3. The van der Waals surface area contributed by atoms with Crippen molar-refractivity contribution in [2.45, 2.75) is 44.8 Å². The third kappa shape index (κ3) is 3.88. The third-order valence-corrected chi connectivity index (χ3v) is 7.16. The molecule has 0 saturated carbocycles. The smallest absolute Gasteiger partial charge is 0.255 e. The van der Waals surface area contributed by atoms with Crippen LogP contribution >= 0.6 is 0 Å². The number of hydrogen-bond donors (Lipinski definition) is 2. The Bertz CT molecular complexity index is 1170. The van der Waals surface area contributed by atoms with Crippen molar-refractivity contribution in [2.75, 3.05) is 19.7 Å². The van der Waals surface area contributed by atoms with Gasteiger partial charge in [-0.1, -0.05) is 0 Å². The highest BCUT2D eigenvalue weighted by atomic mass is 19.1. The van der Waals surface area contributed by atoms with Gasteiger partial charge >= 0.3 is 0 Å². The fourth-order valence-electron chi connectivity index (χ4n) is 5.38. The lowest BCUT2D eigenvalue weighted by molar-refractivity contribution is -0.137. The molecule has 2 fully saturated rings. The van der Waals surface area contributed by atoms with Crippen molar-refractivity contribution in [1.82, 2.24) is 20.1 Å². The molecule has 3 amide bonds. The van der Waals surface area contributed by atoms with Gasteiger partial charge < -0.3 is 10.0 Å². The zero-order chi connectivity index (χ0) is 24.0. The van der Waals surface area contributed by atoms with Gasteiger partial charge in [-0.15, -0.1) is 0 Å². The van der Waals surface area contributed by atoms with Crippen LogP contribution in [-0.2, 0) is 16.1 Å². The molecule has 0 aliphatic carbocycles. The fourth-order valence-corrected chi connectivity index (χ4v) is 5.38. The predicted octanol–water partition coefficient (Wildman–Crippen LogP) is 2.02. The molecule has 3 aliphatic heterocycles. The summed E-state index contributed by atoms with van der Waals surface area (Å²) in [5.74, 6) is -1.51. The van der Waals surface area contributed by atoms with Crippen molar-refractivity contribution < 1.29 is 23.9 Å². The van der Waals surface area contributed by atoms with Crippen LogP contribution < -0.4 is 5.32 Å². The van der Waals surface area contributed by atoms with E-state index in [2.05, 4.69) is 15.2 Å². The van der Waals surface area contributed by atoms with E-state index in [0.29, 0.717) is 23.7 Å². The fraction of sp³-hybridized carbons (Fsp3) is 0.440. The number of nitrogens with zero attached hydrogens (tertiary/aromatic N) is 3. The Kier molecular flexibility index (Phi) is 5.91. The van der Waals surface area contributed by atoms with Crippen LogP contribution in [0.2, 0.25) is 0 Å². The highest BCUT2D eigenvalue weighted by Gasteiger charge is 2.44. The lowest BCUT2D eigenvalue weighted by atomic mass is 9.98. The standard InChI is InChI=1S/C25H27FN4O4/c1-14-22-18(25(34)30(14)20-4-5-21(32)28-24(20)33)3-2-17(23(22)26)19-10-15(6-8-27-19)11-29-9-7-16(12-29)13-31/h2-3,6,8,10,14,16,20,31H,4-5,7,9,11-13H2,1H3,(H,28,32,33)/t14-,16-,20+/m1/s1. The number of pyridine rings is 1. The number of benzene rings is 1. The summed E-state index contributed by atoms with van der Waals surface area (Å²) < 4.78 is 15.8. The van der Waals surface area contributed by atoms with Gasteiger partial charge in [0.2, 0.25) is 11.8 Å². The van der Waals surface area contributed by atoms with E-state index in [1.54, 1.807) is 25.3 Å². The Balaban J connectivity index is 1.42. The molecule has 9 heteroatoms. The van der Waals surface area contributed by atoms with Crippen molar-refractivity contribution >= 4 is 17.7 Å². The summed E-state index contributed by atoms with van der Waals surface area (Å²) in [5.41, 5.74) is 2.28. The molecule has 2 saturated heterocycles. The summed E-state index contributed by atoms with van der Waals surface area (Å²) in [6, 6.07) is 5.47. The number of likely N-dealkylation sites (tertiary alicyclic amines) is 1. The van der Waals surface area contributed by atoms with E-state index in [9.17, 15) is 19.5 Å². The molecular formula is C25H27FN4O4. The highest BCUT2D eigenvalue weighted by Crippen LogP contribution is 2.40. The molecule has 4 heterocycles. The molecule has 34 heavy (non-hydrogen) atoms. The van der Waals surface area contributed by atoms with E-state index >= 15 is 4.39 Å². The van der Waals surface area contributed by atoms with E-state index in [0.717, 1.165) is 25.1 Å². The number of halogens is 1. The zero-order valence-electron chi connectivity index (χ0n) is 19.0. The maximum Gasteiger partial charge on any atom is 0.255 e. The Morgan fingerprint density at radius 1 is 1.18 bits per heavy atom. The summed E-state index contributed by atoms with van der Waals surface area (Å²) in [6.45, 7) is 4.32. The van der Waals surface area contributed by atoms with Crippen LogP contribution in [0.4, 0.5) is 4.39 Å². The van der Waals surface area contributed by atoms with Gasteiger partial charge in [-0.05, 0) is 62.1 Å². The number of nitrogens with one attached hydrogen (secondary N) is 1. The number of carbonyl (C=O) groups is 3. The van der Waals surface area contributed by atoms with Gasteiger partial charge in [0.05, 0.1) is 11.7 Å². The number of imide groups is 1. The lowest BCUT2D eigenvalue weighted by Crippen LogP contribution is -2.53. The summed E-state index contributed by atoms with van der Waals surface area (Å²) in [7, 11) is 0. The molecule has 8 nitrogen and oxygen atoms in total. The van der Waals surface area contributed by atoms with Gasteiger partial charge in [0.1, 0.15) is 11.9 Å². The maximum absolute atomic E-state index is 15.8. The first-order valence-corrected chi connectivity index (χ1v) is 11.6. The van der Waals surface area contributed by atoms with Crippen LogP contribution in [-0.4, -0.2) is 63.4 Å². The average molecular weight is 467 g/mol. The Morgan fingerprint density at radius 2 is 1.97 bits per heavy atom. The number of hydrogen-bond acceptors (Lipinski definition) is 6. The summed E-state index contributed by atoms with van der Waals surface area (Å²) in [4.78, 5) is 45.0. The van der Waals surface area contributed by atoms with Crippen molar-refractivity contribution in [1.29, 1.82) is 0 Å². The second kappa shape index (κ2) is 8.88. The van der Waals surface area contributed by atoms with Crippen LogP contribution in [0.15, 0.2) is 30.5 Å². The highest BCUT2D eigenvalue weighted by molar-refractivity contribution is 6.06. The van der Waals surface area contributed by atoms with E-state index in [1.165, 1.54) is 4.90 Å². The van der Waals surface area contributed by atoms with E-state index in [-0.39, 0.29) is 36.5 Å². The molecule has 0 bridgehead atoms.